The fourth-order valence-electron chi connectivity index (χ4n) is 2.25. The van der Waals surface area contributed by atoms with Gasteiger partial charge in [-0.25, -0.2) is 8.42 Å². The van der Waals surface area contributed by atoms with E-state index in [1.54, 1.807) is 19.2 Å². The van der Waals surface area contributed by atoms with Crippen LogP contribution >= 0.6 is 0 Å². The van der Waals surface area contributed by atoms with E-state index in [4.69, 9.17) is 4.74 Å². The van der Waals surface area contributed by atoms with Crippen molar-refractivity contribution >= 4 is 10.0 Å². The molecule has 1 aliphatic rings. The van der Waals surface area contributed by atoms with Crippen molar-refractivity contribution in [3.8, 4) is 0 Å². The summed E-state index contributed by atoms with van der Waals surface area (Å²) in [7, 11) is -1.78. The van der Waals surface area contributed by atoms with Gasteiger partial charge in [-0.15, -0.1) is 0 Å². The number of aryl methyl sites for hydroxylation is 1. The maximum Gasteiger partial charge on any atom is 0.242 e. The molecule has 0 spiro atoms. The monoisotopic (exact) mass is 283 g/mol. The maximum atomic E-state index is 12.4. The number of hydrogen-bond donors (Lipinski definition) is 0. The minimum atomic E-state index is -3.40. The largest absolute Gasteiger partial charge is 0.377 e. The Kier molecular flexibility index (Phi) is 4.60. The second-order valence-electron chi connectivity index (χ2n) is 4.92. The Labute approximate surface area is 115 Å². The third-order valence-electron chi connectivity index (χ3n) is 3.52. The van der Waals surface area contributed by atoms with Crippen LogP contribution in [0.3, 0.4) is 0 Å². The van der Waals surface area contributed by atoms with E-state index in [0.29, 0.717) is 11.4 Å². The summed E-state index contributed by atoms with van der Waals surface area (Å²) in [6.45, 7) is 3.22. The molecule has 1 aliphatic heterocycles. The molecular formula is C14H21NO3S. The highest BCUT2D eigenvalue weighted by Crippen LogP contribution is 2.19. The minimum Gasteiger partial charge on any atom is -0.377 e. The molecule has 0 bridgehead atoms. The Morgan fingerprint density at radius 3 is 2.53 bits per heavy atom. The maximum absolute atomic E-state index is 12.4. The summed E-state index contributed by atoms with van der Waals surface area (Å²) in [5, 5.41) is 0. The quantitative estimate of drug-likeness (QED) is 0.831. The average Bonchev–Trinajstić information content (AvgIpc) is 2.91. The lowest BCUT2D eigenvalue weighted by Gasteiger charge is -2.20. The van der Waals surface area contributed by atoms with Gasteiger partial charge < -0.3 is 4.74 Å². The molecule has 0 N–H and O–H groups in total. The van der Waals surface area contributed by atoms with Crippen molar-refractivity contribution in [3.63, 3.8) is 0 Å². The summed E-state index contributed by atoms with van der Waals surface area (Å²) < 4.78 is 31.7. The lowest BCUT2D eigenvalue weighted by Crippen LogP contribution is -2.34. The van der Waals surface area contributed by atoms with Crippen molar-refractivity contribution in [3.05, 3.63) is 29.8 Å². The van der Waals surface area contributed by atoms with Gasteiger partial charge in [0.1, 0.15) is 0 Å². The summed E-state index contributed by atoms with van der Waals surface area (Å²) in [5.41, 5.74) is 1.14. The van der Waals surface area contributed by atoms with Gasteiger partial charge >= 0.3 is 0 Å². The predicted molar refractivity (Wildman–Crippen MR) is 74.6 cm³/mol. The highest BCUT2D eigenvalue weighted by molar-refractivity contribution is 7.89. The van der Waals surface area contributed by atoms with Crippen LogP contribution in [0.25, 0.3) is 0 Å². The van der Waals surface area contributed by atoms with E-state index in [2.05, 4.69) is 0 Å². The molecule has 19 heavy (non-hydrogen) atoms. The highest BCUT2D eigenvalue weighted by Gasteiger charge is 2.25. The third-order valence-corrected chi connectivity index (χ3v) is 5.36. The van der Waals surface area contributed by atoms with Gasteiger partial charge in [-0.05, 0) is 37.0 Å². The number of sulfonamides is 1. The number of ether oxygens (including phenoxy) is 1. The van der Waals surface area contributed by atoms with E-state index in [1.807, 2.05) is 19.1 Å². The second-order valence-corrected chi connectivity index (χ2v) is 6.96. The molecule has 0 radical (unpaired) electrons. The Hall–Kier alpha value is -0.910. The Morgan fingerprint density at radius 1 is 1.32 bits per heavy atom. The second kappa shape index (κ2) is 6.03. The van der Waals surface area contributed by atoms with E-state index in [-0.39, 0.29) is 6.10 Å². The lowest BCUT2D eigenvalue weighted by atomic mass is 10.2. The van der Waals surface area contributed by atoms with Crippen molar-refractivity contribution in [1.29, 1.82) is 0 Å². The summed E-state index contributed by atoms with van der Waals surface area (Å²) in [6.07, 6.45) is 2.90. The molecule has 0 aromatic heterocycles. The van der Waals surface area contributed by atoms with Gasteiger partial charge in [0.2, 0.25) is 10.0 Å². The van der Waals surface area contributed by atoms with Crippen LogP contribution in [0.1, 0.15) is 25.3 Å². The average molecular weight is 283 g/mol. The first-order valence-corrected chi connectivity index (χ1v) is 8.15. The minimum absolute atomic E-state index is 0.0368. The molecule has 5 heteroatoms. The van der Waals surface area contributed by atoms with Crippen LogP contribution in [0, 0.1) is 0 Å². The standard InChI is InChI=1S/C14H21NO3S/c1-3-12-6-8-14(9-7-12)19(16,17)15(2)11-13-5-4-10-18-13/h6-9,13H,3-5,10-11H2,1-2H3. The van der Waals surface area contributed by atoms with Gasteiger partial charge in [0.25, 0.3) is 0 Å². The smallest absolute Gasteiger partial charge is 0.242 e. The molecular weight excluding hydrogens is 262 g/mol. The molecule has 0 saturated carbocycles. The summed E-state index contributed by atoms with van der Waals surface area (Å²) in [5.74, 6) is 0. The van der Waals surface area contributed by atoms with Crippen LogP contribution in [-0.4, -0.2) is 39.0 Å². The topological polar surface area (TPSA) is 46.6 Å². The Balaban J connectivity index is 2.10. The molecule has 1 fully saturated rings. The molecule has 1 heterocycles. The van der Waals surface area contributed by atoms with E-state index in [9.17, 15) is 8.42 Å². The van der Waals surface area contributed by atoms with E-state index in [1.165, 1.54) is 4.31 Å². The van der Waals surface area contributed by atoms with Gasteiger partial charge in [0.05, 0.1) is 11.0 Å². The normalized spacial score (nSPS) is 20.1. The number of nitrogens with zero attached hydrogens (tertiary/aromatic N) is 1. The predicted octanol–water partition coefficient (Wildman–Crippen LogP) is 2.05. The molecule has 4 nitrogen and oxygen atoms in total. The molecule has 0 amide bonds. The van der Waals surface area contributed by atoms with Crippen molar-refractivity contribution in [2.45, 2.75) is 37.2 Å². The van der Waals surface area contributed by atoms with Crippen LogP contribution < -0.4 is 0 Å². The zero-order valence-corrected chi connectivity index (χ0v) is 12.3. The van der Waals surface area contributed by atoms with Gasteiger partial charge in [0.15, 0.2) is 0 Å². The van der Waals surface area contributed by atoms with Crippen molar-refractivity contribution in [1.82, 2.24) is 4.31 Å². The van der Waals surface area contributed by atoms with Crippen LogP contribution in [0.5, 0.6) is 0 Å². The van der Waals surface area contributed by atoms with Crippen LogP contribution in [0.15, 0.2) is 29.2 Å². The zero-order valence-electron chi connectivity index (χ0n) is 11.5. The summed E-state index contributed by atoms with van der Waals surface area (Å²) >= 11 is 0. The van der Waals surface area contributed by atoms with E-state index in [0.717, 1.165) is 31.4 Å². The van der Waals surface area contributed by atoms with Crippen LogP contribution in [0.4, 0.5) is 0 Å². The lowest BCUT2D eigenvalue weighted by molar-refractivity contribution is 0.0979. The number of likely N-dealkylation sites (N-methyl/N-ethyl adjacent to an activating group) is 1. The molecule has 1 unspecified atom stereocenters. The van der Waals surface area contributed by atoms with E-state index >= 15 is 0 Å². The Morgan fingerprint density at radius 2 is 2.00 bits per heavy atom. The van der Waals surface area contributed by atoms with Crippen molar-refractivity contribution in [2.24, 2.45) is 0 Å². The fourth-order valence-corrected chi connectivity index (χ4v) is 3.45. The molecule has 2 rings (SSSR count). The SMILES string of the molecule is CCc1ccc(S(=O)(=O)N(C)CC2CCCO2)cc1. The van der Waals surface area contributed by atoms with E-state index < -0.39 is 10.0 Å². The van der Waals surface area contributed by atoms with Crippen LogP contribution in [-0.2, 0) is 21.2 Å². The van der Waals surface area contributed by atoms with Crippen molar-refractivity contribution < 1.29 is 13.2 Å². The first kappa shape index (κ1) is 14.5. The van der Waals surface area contributed by atoms with Gasteiger partial charge in [-0.2, -0.15) is 4.31 Å². The van der Waals surface area contributed by atoms with Crippen LogP contribution in [0.2, 0.25) is 0 Å². The number of hydrogen-bond acceptors (Lipinski definition) is 3. The molecule has 1 aromatic rings. The molecule has 106 valence electrons. The van der Waals surface area contributed by atoms with Gasteiger partial charge in [-0.3, -0.25) is 0 Å². The zero-order chi connectivity index (χ0) is 13.9. The third kappa shape index (κ3) is 3.35. The Bertz CT molecular complexity index is 504. The van der Waals surface area contributed by atoms with Gasteiger partial charge in [-0.1, -0.05) is 19.1 Å². The van der Waals surface area contributed by atoms with Crippen molar-refractivity contribution in [2.75, 3.05) is 20.2 Å². The fraction of sp³-hybridized carbons (Fsp3) is 0.571. The molecule has 1 saturated heterocycles. The molecule has 0 aliphatic carbocycles. The number of rotatable bonds is 5. The summed E-state index contributed by atoms with van der Waals surface area (Å²) in [4.78, 5) is 0.352. The number of benzene rings is 1. The molecule has 1 atom stereocenters. The molecule has 1 aromatic carbocycles. The van der Waals surface area contributed by atoms with Gasteiger partial charge in [0, 0.05) is 20.2 Å². The highest BCUT2D eigenvalue weighted by atomic mass is 32.2. The first-order valence-electron chi connectivity index (χ1n) is 6.71. The first-order chi connectivity index (χ1) is 9.04. The summed E-state index contributed by atoms with van der Waals surface area (Å²) in [6, 6.07) is 7.10.